The average molecular weight is 221 g/mol. The molecule has 0 atom stereocenters. The van der Waals surface area contributed by atoms with E-state index in [9.17, 15) is 4.79 Å². The minimum atomic E-state index is -0.583. The summed E-state index contributed by atoms with van der Waals surface area (Å²) in [6.07, 6.45) is 0. The Labute approximate surface area is 93.1 Å². The third-order valence-electron chi connectivity index (χ3n) is 2.01. The van der Waals surface area contributed by atoms with Crippen LogP contribution in [0.2, 0.25) is 0 Å². The summed E-state index contributed by atoms with van der Waals surface area (Å²) in [6.45, 7) is 1.71. The molecule has 0 radical (unpaired) electrons. The van der Waals surface area contributed by atoms with Crippen LogP contribution in [0.4, 0.5) is 0 Å². The van der Waals surface area contributed by atoms with Crippen LogP contribution in [0, 0.1) is 11.3 Å². The summed E-state index contributed by atoms with van der Waals surface area (Å²) in [4.78, 5) is 13.2. The maximum atomic E-state index is 11.2. The van der Waals surface area contributed by atoms with Gasteiger partial charge < -0.3 is 0 Å². The highest BCUT2D eigenvalue weighted by molar-refractivity contribution is 6.25. The van der Waals surface area contributed by atoms with Gasteiger partial charge in [-0.1, -0.05) is 30.3 Å². The maximum absolute atomic E-state index is 11.2. The Morgan fingerprint density at radius 2 is 2.00 bits per heavy atom. The molecule has 1 rings (SSSR count). The average Bonchev–Trinajstić information content (AvgIpc) is 2.30. The molecule has 4 heteroatoms. The van der Waals surface area contributed by atoms with Gasteiger partial charge in [-0.3, -0.25) is 9.63 Å². The van der Waals surface area contributed by atoms with E-state index in [1.54, 1.807) is 6.92 Å². The number of nitriles is 1. The first kappa shape index (κ1) is 11.3. The van der Waals surface area contributed by atoms with Crippen molar-refractivity contribution in [2.75, 3.05) is 0 Å². The number of nitrogens with one attached hydrogen (secondary N) is 1. The molecule has 1 amide bonds. The second-order valence-corrected chi connectivity index (χ2v) is 3.09. The summed E-state index contributed by atoms with van der Waals surface area (Å²) in [7, 11) is 0. The molecular formula is C11H9ClN2O. The van der Waals surface area contributed by atoms with E-state index in [1.165, 1.54) is 0 Å². The van der Waals surface area contributed by atoms with Crippen molar-refractivity contribution in [2.24, 2.45) is 0 Å². The monoisotopic (exact) mass is 220 g/mol. The molecule has 1 aromatic rings. The molecule has 0 bridgehead atoms. The van der Waals surface area contributed by atoms with Crippen LogP contribution >= 0.6 is 11.8 Å². The van der Waals surface area contributed by atoms with Crippen molar-refractivity contribution in [3.63, 3.8) is 0 Å². The van der Waals surface area contributed by atoms with Gasteiger partial charge in [0.2, 0.25) is 0 Å². The standard InChI is InChI=1S/C11H9ClN2O/c1-8(9-5-3-2-4-6-9)10(7-13)11(15)14-12/h2-6H,1H3,(H,14,15)/b10-8+. The topological polar surface area (TPSA) is 52.9 Å². The zero-order valence-corrected chi connectivity index (χ0v) is 8.88. The van der Waals surface area contributed by atoms with Crippen LogP contribution in [0.5, 0.6) is 0 Å². The lowest BCUT2D eigenvalue weighted by Crippen LogP contribution is -2.15. The second kappa shape index (κ2) is 5.18. The maximum Gasteiger partial charge on any atom is 0.276 e. The van der Waals surface area contributed by atoms with Gasteiger partial charge in [-0.05, 0) is 18.1 Å². The van der Waals surface area contributed by atoms with Crippen molar-refractivity contribution in [1.29, 1.82) is 5.26 Å². The lowest BCUT2D eigenvalue weighted by atomic mass is 10.0. The van der Waals surface area contributed by atoms with Crippen molar-refractivity contribution in [1.82, 2.24) is 4.84 Å². The quantitative estimate of drug-likeness (QED) is 0.472. The Bertz CT molecular complexity index is 432. The SMILES string of the molecule is C/C(=C(/C#N)C(=O)NCl)c1ccccc1. The van der Waals surface area contributed by atoms with Crippen LogP contribution in [0.15, 0.2) is 35.9 Å². The zero-order valence-electron chi connectivity index (χ0n) is 8.12. The number of amides is 1. The summed E-state index contributed by atoms with van der Waals surface area (Å²) in [5.41, 5.74) is 1.46. The van der Waals surface area contributed by atoms with Crippen molar-refractivity contribution < 1.29 is 4.79 Å². The zero-order chi connectivity index (χ0) is 11.3. The van der Waals surface area contributed by atoms with Gasteiger partial charge in [-0.15, -0.1) is 0 Å². The molecule has 0 aliphatic rings. The van der Waals surface area contributed by atoms with Crippen LogP contribution in [-0.4, -0.2) is 5.91 Å². The molecule has 1 aromatic carbocycles. The van der Waals surface area contributed by atoms with Crippen LogP contribution in [0.1, 0.15) is 12.5 Å². The van der Waals surface area contributed by atoms with E-state index < -0.39 is 5.91 Å². The number of nitrogens with zero attached hydrogens (tertiary/aromatic N) is 1. The largest absolute Gasteiger partial charge is 0.276 e. The summed E-state index contributed by atoms with van der Waals surface area (Å²) in [5, 5.41) is 8.83. The molecule has 0 fully saturated rings. The van der Waals surface area contributed by atoms with Crippen molar-refractivity contribution >= 4 is 23.3 Å². The Morgan fingerprint density at radius 1 is 1.40 bits per heavy atom. The van der Waals surface area contributed by atoms with Gasteiger partial charge in [0.25, 0.3) is 5.91 Å². The molecule has 0 aromatic heterocycles. The minimum Gasteiger partial charge on any atom is -0.267 e. The summed E-state index contributed by atoms with van der Waals surface area (Å²) >= 11 is 5.17. The van der Waals surface area contributed by atoms with E-state index >= 15 is 0 Å². The fourth-order valence-corrected chi connectivity index (χ4v) is 1.28. The van der Waals surface area contributed by atoms with Gasteiger partial charge in [0.1, 0.15) is 11.6 Å². The predicted octanol–water partition coefficient (Wildman–Crippen LogP) is 2.25. The Kier molecular flexibility index (Phi) is 3.90. The van der Waals surface area contributed by atoms with Crippen molar-refractivity contribution in [2.45, 2.75) is 6.92 Å². The fourth-order valence-electron chi connectivity index (χ4n) is 1.18. The third kappa shape index (κ3) is 2.58. The van der Waals surface area contributed by atoms with Crippen molar-refractivity contribution in [3.05, 3.63) is 41.5 Å². The molecule has 0 spiro atoms. The molecule has 0 saturated heterocycles. The summed E-state index contributed by atoms with van der Waals surface area (Å²) in [5.74, 6) is -0.583. The number of rotatable bonds is 2. The summed E-state index contributed by atoms with van der Waals surface area (Å²) in [6, 6.07) is 11.0. The molecule has 0 saturated carbocycles. The number of allylic oxidation sites excluding steroid dienone is 1. The molecule has 0 aliphatic carbocycles. The first-order chi connectivity index (χ1) is 7.20. The molecule has 0 aliphatic heterocycles. The second-order valence-electron chi connectivity index (χ2n) is 2.90. The van der Waals surface area contributed by atoms with Crippen molar-refractivity contribution in [3.8, 4) is 6.07 Å². The molecule has 1 N–H and O–H groups in total. The number of carbonyl (C=O) groups excluding carboxylic acids is 1. The van der Waals surface area contributed by atoms with E-state index in [4.69, 9.17) is 17.0 Å². The lowest BCUT2D eigenvalue weighted by molar-refractivity contribution is -0.115. The Hall–Kier alpha value is -1.79. The van der Waals surface area contributed by atoms with E-state index in [0.29, 0.717) is 5.57 Å². The molecule has 3 nitrogen and oxygen atoms in total. The first-order valence-electron chi connectivity index (χ1n) is 4.28. The molecule has 0 heterocycles. The minimum absolute atomic E-state index is 0.0243. The van der Waals surface area contributed by atoms with Crippen LogP contribution in [-0.2, 0) is 4.79 Å². The van der Waals surface area contributed by atoms with Crippen LogP contribution in [0.25, 0.3) is 5.57 Å². The van der Waals surface area contributed by atoms with Gasteiger partial charge in [-0.2, -0.15) is 5.26 Å². The smallest absolute Gasteiger partial charge is 0.267 e. The van der Waals surface area contributed by atoms with E-state index in [2.05, 4.69) is 0 Å². The van der Waals surface area contributed by atoms with Crippen LogP contribution in [0.3, 0.4) is 0 Å². The summed E-state index contributed by atoms with van der Waals surface area (Å²) < 4.78 is 0. The molecule has 15 heavy (non-hydrogen) atoms. The predicted molar refractivity (Wildman–Crippen MR) is 58.6 cm³/mol. The normalized spacial score (nSPS) is 11.3. The fraction of sp³-hybridized carbons (Fsp3) is 0.0909. The van der Waals surface area contributed by atoms with E-state index in [-0.39, 0.29) is 5.57 Å². The number of hydrogen-bond donors (Lipinski definition) is 1. The Balaban J connectivity index is 3.20. The van der Waals surface area contributed by atoms with Crippen LogP contribution < -0.4 is 4.84 Å². The molecule has 0 unspecified atom stereocenters. The molecule has 76 valence electrons. The highest BCUT2D eigenvalue weighted by Crippen LogP contribution is 2.17. The molecular weight excluding hydrogens is 212 g/mol. The van der Waals surface area contributed by atoms with Gasteiger partial charge in [-0.25, -0.2) is 0 Å². The number of hydrogen-bond acceptors (Lipinski definition) is 2. The first-order valence-corrected chi connectivity index (χ1v) is 4.66. The van der Waals surface area contributed by atoms with Gasteiger partial charge >= 0.3 is 0 Å². The highest BCUT2D eigenvalue weighted by atomic mass is 35.5. The van der Waals surface area contributed by atoms with Gasteiger partial charge in [0.05, 0.1) is 0 Å². The highest BCUT2D eigenvalue weighted by Gasteiger charge is 2.12. The van der Waals surface area contributed by atoms with Gasteiger partial charge in [0, 0.05) is 11.8 Å². The number of benzene rings is 1. The number of carbonyl (C=O) groups is 1. The lowest BCUT2D eigenvalue weighted by Gasteiger charge is -2.03. The van der Waals surface area contributed by atoms with E-state index in [0.717, 1.165) is 5.56 Å². The number of halogens is 1. The Morgan fingerprint density at radius 3 is 2.47 bits per heavy atom. The van der Waals surface area contributed by atoms with Gasteiger partial charge in [0.15, 0.2) is 0 Å². The van der Waals surface area contributed by atoms with E-state index in [1.807, 2.05) is 41.2 Å². The third-order valence-corrected chi connectivity index (χ3v) is 2.18.